The lowest BCUT2D eigenvalue weighted by Crippen LogP contribution is -2.58. The van der Waals surface area contributed by atoms with E-state index < -0.39 is 38.6 Å². The zero-order chi connectivity index (χ0) is 22.6. The van der Waals surface area contributed by atoms with Gasteiger partial charge < -0.3 is 10.4 Å². The number of hydrazine groups is 1. The smallest absolute Gasteiger partial charge is 0.304 e. The Bertz CT molecular complexity index is 942. The summed E-state index contributed by atoms with van der Waals surface area (Å²) in [5, 5.41) is 10.8. The molecule has 0 aromatic heterocycles. The number of carboxylic acids is 1. The summed E-state index contributed by atoms with van der Waals surface area (Å²) in [6.07, 6.45) is -0.340. The van der Waals surface area contributed by atoms with E-state index in [4.69, 9.17) is 28.3 Å². The number of rotatable bonds is 8. The van der Waals surface area contributed by atoms with Gasteiger partial charge in [-0.25, -0.2) is 18.1 Å². The first-order valence-corrected chi connectivity index (χ1v) is 11.2. The van der Waals surface area contributed by atoms with Gasteiger partial charge >= 0.3 is 5.97 Å². The highest BCUT2D eigenvalue weighted by molar-refractivity contribution is 7.89. The molecule has 0 spiro atoms. The van der Waals surface area contributed by atoms with Gasteiger partial charge in [0.25, 0.3) is 5.91 Å². The van der Waals surface area contributed by atoms with Gasteiger partial charge in [0.05, 0.1) is 16.7 Å². The third-order valence-corrected chi connectivity index (χ3v) is 7.42. The molecule has 1 aromatic rings. The number of carboxylic acid groups (broad SMARTS) is 1. The average molecular weight is 481 g/mol. The average Bonchev–Trinajstić information content (AvgIpc) is 2.67. The second-order valence-corrected chi connectivity index (χ2v) is 9.75. The minimum Gasteiger partial charge on any atom is -0.481 e. The summed E-state index contributed by atoms with van der Waals surface area (Å²) in [5.41, 5.74) is 3.34. The van der Waals surface area contributed by atoms with Crippen LogP contribution >= 0.6 is 23.2 Å². The van der Waals surface area contributed by atoms with Crippen molar-refractivity contribution in [3.05, 3.63) is 23.8 Å². The minimum atomic E-state index is -3.96. The lowest BCUT2D eigenvalue weighted by molar-refractivity contribution is -0.139. The van der Waals surface area contributed by atoms with Crippen molar-refractivity contribution in [2.24, 2.45) is 0 Å². The molecule has 2 rings (SSSR count). The maximum atomic E-state index is 12.8. The fourth-order valence-corrected chi connectivity index (χ4v) is 4.46. The highest BCUT2D eigenvalue weighted by Crippen LogP contribution is 2.23. The number of hydrogen-bond donors (Lipinski definition) is 3. The summed E-state index contributed by atoms with van der Waals surface area (Å²) in [4.78, 5) is 35.1. The van der Waals surface area contributed by atoms with E-state index >= 15 is 0 Å². The molecule has 0 bridgehead atoms. The maximum Gasteiger partial charge on any atom is 0.304 e. The van der Waals surface area contributed by atoms with Gasteiger partial charge in [-0.1, -0.05) is 6.07 Å². The SMILES string of the molecule is Cc1ccc(NC(=O)CN2NCC(Cl)C(Cl)C2=O)cc1S(=O)(=O)N(C)CCC(=O)O. The van der Waals surface area contributed by atoms with E-state index in [0.29, 0.717) is 5.56 Å². The van der Waals surface area contributed by atoms with E-state index in [0.717, 1.165) is 9.31 Å². The van der Waals surface area contributed by atoms with Crippen LogP contribution in [-0.4, -0.2) is 78.1 Å². The molecule has 0 aliphatic carbocycles. The maximum absolute atomic E-state index is 12.8. The van der Waals surface area contributed by atoms with Crippen LogP contribution in [0.25, 0.3) is 0 Å². The van der Waals surface area contributed by atoms with E-state index in [1.807, 2.05) is 0 Å². The number of nitrogens with zero attached hydrogens (tertiary/aromatic N) is 2. The van der Waals surface area contributed by atoms with Gasteiger partial charge in [-0.15, -0.1) is 23.2 Å². The number of aryl methyl sites for hydroxylation is 1. The zero-order valence-electron chi connectivity index (χ0n) is 16.3. The van der Waals surface area contributed by atoms with Crippen molar-refractivity contribution >= 4 is 56.7 Å². The van der Waals surface area contributed by atoms with Crippen LogP contribution in [0.1, 0.15) is 12.0 Å². The van der Waals surface area contributed by atoms with Crippen molar-refractivity contribution in [3.63, 3.8) is 0 Å². The van der Waals surface area contributed by atoms with Crippen molar-refractivity contribution in [2.75, 3.05) is 32.0 Å². The number of hydrogen-bond acceptors (Lipinski definition) is 6. The number of sulfonamides is 1. The van der Waals surface area contributed by atoms with Gasteiger partial charge in [-0.2, -0.15) is 0 Å². The van der Waals surface area contributed by atoms with E-state index in [2.05, 4.69) is 10.7 Å². The first-order chi connectivity index (χ1) is 13.9. The van der Waals surface area contributed by atoms with Crippen LogP contribution in [0.15, 0.2) is 23.1 Å². The van der Waals surface area contributed by atoms with Crippen LogP contribution in [0.3, 0.4) is 0 Å². The number of carbonyl (C=O) groups is 3. The van der Waals surface area contributed by atoms with Crippen LogP contribution in [0.2, 0.25) is 0 Å². The lowest BCUT2D eigenvalue weighted by atomic mass is 10.2. The van der Waals surface area contributed by atoms with Crippen LogP contribution in [-0.2, 0) is 24.4 Å². The number of benzene rings is 1. The quantitative estimate of drug-likeness (QED) is 0.463. The van der Waals surface area contributed by atoms with Crippen molar-refractivity contribution in [3.8, 4) is 0 Å². The van der Waals surface area contributed by atoms with Gasteiger partial charge in [-0.05, 0) is 24.6 Å². The molecule has 13 heteroatoms. The molecule has 1 heterocycles. The summed E-state index contributed by atoms with van der Waals surface area (Å²) in [6, 6.07) is 4.32. The molecule has 0 radical (unpaired) electrons. The standard InChI is InChI=1S/C17H22Cl2N4O6S/c1-10-3-4-11(7-13(10)30(28,29)22(2)6-5-15(25)26)21-14(24)9-23-17(27)16(19)12(18)8-20-23/h3-4,7,12,16,20H,5-6,8-9H2,1-2H3,(H,21,24)(H,25,26). The lowest BCUT2D eigenvalue weighted by Gasteiger charge is -2.32. The van der Waals surface area contributed by atoms with E-state index in [1.54, 1.807) is 6.92 Å². The Labute approximate surface area is 184 Å². The number of alkyl halides is 2. The van der Waals surface area contributed by atoms with Crippen LogP contribution in [0.5, 0.6) is 0 Å². The molecular weight excluding hydrogens is 459 g/mol. The van der Waals surface area contributed by atoms with Crippen molar-refractivity contribution in [1.82, 2.24) is 14.7 Å². The predicted molar refractivity (Wildman–Crippen MR) is 111 cm³/mol. The number of aliphatic carboxylic acids is 1. The van der Waals surface area contributed by atoms with Gasteiger partial charge in [0.1, 0.15) is 11.9 Å². The molecule has 1 fully saturated rings. The van der Waals surface area contributed by atoms with Crippen molar-refractivity contribution in [1.29, 1.82) is 0 Å². The summed E-state index contributed by atoms with van der Waals surface area (Å²) in [5.74, 6) is -2.22. The van der Waals surface area contributed by atoms with Crippen LogP contribution < -0.4 is 10.7 Å². The van der Waals surface area contributed by atoms with Gasteiger partial charge in [0, 0.05) is 25.8 Å². The number of anilines is 1. The number of carbonyl (C=O) groups excluding carboxylic acids is 2. The fourth-order valence-electron chi connectivity index (χ4n) is 2.66. The van der Waals surface area contributed by atoms with Gasteiger partial charge in [0.15, 0.2) is 0 Å². The molecular formula is C17H22Cl2N4O6S. The molecule has 3 N–H and O–H groups in total. The summed E-state index contributed by atoms with van der Waals surface area (Å²) < 4.78 is 26.5. The van der Waals surface area contributed by atoms with Crippen LogP contribution in [0.4, 0.5) is 5.69 Å². The molecule has 2 unspecified atom stereocenters. The first kappa shape index (κ1) is 24.4. The highest BCUT2D eigenvalue weighted by atomic mass is 35.5. The zero-order valence-corrected chi connectivity index (χ0v) is 18.6. The van der Waals surface area contributed by atoms with Crippen molar-refractivity contribution < 1.29 is 27.9 Å². The Hall–Kier alpha value is -1.92. The molecule has 1 aliphatic heterocycles. The first-order valence-electron chi connectivity index (χ1n) is 8.85. The highest BCUT2D eigenvalue weighted by Gasteiger charge is 2.35. The molecule has 30 heavy (non-hydrogen) atoms. The Balaban J connectivity index is 2.12. The third kappa shape index (κ3) is 5.82. The summed E-state index contributed by atoms with van der Waals surface area (Å²) in [6.45, 7) is 1.26. The third-order valence-electron chi connectivity index (χ3n) is 4.40. The second kappa shape index (κ2) is 9.92. The number of nitrogens with one attached hydrogen (secondary N) is 2. The van der Waals surface area contributed by atoms with Crippen LogP contribution in [0, 0.1) is 6.92 Å². The normalized spacial score (nSPS) is 19.8. The monoisotopic (exact) mass is 480 g/mol. The van der Waals surface area contributed by atoms with E-state index in [1.165, 1.54) is 25.2 Å². The van der Waals surface area contributed by atoms with E-state index in [9.17, 15) is 22.8 Å². The molecule has 2 atom stereocenters. The molecule has 166 valence electrons. The fraction of sp³-hybridized carbons (Fsp3) is 0.471. The largest absolute Gasteiger partial charge is 0.481 e. The molecule has 1 aliphatic rings. The Morgan fingerprint density at radius 2 is 2.03 bits per heavy atom. The number of amides is 2. The van der Waals surface area contributed by atoms with Crippen molar-refractivity contribution in [2.45, 2.75) is 29.0 Å². The molecule has 1 saturated heterocycles. The van der Waals surface area contributed by atoms with Gasteiger partial charge in [0.2, 0.25) is 15.9 Å². The van der Waals surface area contributed by atoms with E-state index in [-0.39, 0.29) is 36.6 Å². The summed E-state index contributed by atoms with van der Waals surface area (Å²) >= 11 is 11.8. The van der Waals surface area contributed by atoms with Gasteiger partial charge in [-0.3, -0.25) is 19.4 Å². The Morgan fingerprint density at radius 3 is 2.67 bits per heavy atom. The number of halogens is 2. The predicted octanol–water partition coefficient (Wildman–Crippen LogP) is 0.590. The molecule has 2 amide bonds. The minimum absolute atomic E-state index is 0.0637. The molecule has 0 saturated carbocycles. The summed E-state index contributed by atoms with van der Waals surface area (Å²) in [7, 11) is -2.68. The molecule has 1 aromatic carbocycles. The second-order valence-electron chi connectivity index (χ2n) is 6.70. The Kier molecular flexibility index (Phi) is 8.06. The Morgan fingerprint density at radius 1 is 1.37 bits per heavy atom. The molecule has 10 nitrogen and oxygen atoms in total. The topological polar surface area (TPSA) is 136 Å².